The second-order valence-electron chi connectivity index (χ2n) is 5.60. The van der Waals surface area contributed by atoms with Gasteiger partial charge in [0.15, 0.2) is 0 Å². The Kier molecular flexibility index (Phi) is 7.99. The van der Waals surface area contributed by atoms with E-state index < -0.39 is 24.0 Å². The molecule has 27 heavy (non-hydrogen) atoms. The predicted octanol–water partition coefficient (Wildman–Crippen LogP) is 2.81. The molecule has 0 spiro atoms. The minimum Gasteiger partial charge on any atom is -0.463 e. The molecule has 0 saturated heterocycles. The van der Waals surface area contributed by atoms with Gasteiger partial charge in [-0.15, -0.1) is 0 Å². The zero-order valence-corrected chi connectivity index (χ0v) is 16.6. The van der Waals surface area contributed by atoms with E-state index in [9.17, 15) is 14.4 Å². The summed E-state index contributed by atoms with van der Waals surface area (Å²) in [5, 5.41) is 5.78. The van der Waals surface area contributed by atoms with E-state index in [-0.39, 0.29) is 30.9 Å². The lowest BCUT2D eigenvalue weighted by Crippen LogP contribution is -2.47. The molecule has 1 aromatic rings. The first-order valence-electron chi connectivity index (χ1n) is 8.34. The van der Waals surface area contributed by atoms with E-state index in [0.717, 1.165) is 0 Å². The van der Waals surface area contributed by atoms with Crippen molar-refractivity contribution < 1.29 is 23.9 Å². The first kappa shape index (κ1) is 21.1. The van der Waals surface area contributed by atoms with Crippen molar-refractivity contribution in [2.24, 2.45) is 0 Å². The van der Waals surface area contributed by atoms with Crippen LogP contribution in [0.25, 0.3) is 0 Å². The second-order valence-corrected chi connectivity index (χ2v) is 7.02. The molecule has 1 heterocycles. The minimum atomic E-state index is -0.741. The number of thioether (sulfide) groups is 1. The summed E-state index contributed by atoms with van der Waals surface area (Å²) in [4.78, 5) is 36.4. The van der Waals surface area contributed by atoms with Gasteiger partial charge in [-0.1, -0.05) is 23.7 Å². The van der Waals surface area contributed by atoms with Crippen LogP contribution < -0.4 is 10.6 Å². The Balaban J connectivity index is 2.33. The van der Waals surface area contributed by atoms with Crippen LogP contribution in [0.1, 0.15) is 24.9 Å². The topological polar surface area (TPSA) is 93.7 Å². The van der Waals surface area contributed by atoms with E-state index in [0.29, 0.717) is 16.3 Å². The molecule has 2 rings (SSSR count). The van der Waals surface area contributed by atoms with Crippen molar-refractivity contribution in [2.75, 3.05) is 25.2 Å². The number of halogens is 1. The number of nitrogens with one attached hydrogen (secondary N) is 2. The molecule has 7 nitrogen and oxygen atoms in total. The van der Waals surface area contributed by atoms with Gasteiger partial charge in [-0.3, -0.25) is 4.79 Å². The maximum absolute atomic E-state index is 12.5. The third kappa shape index (κ3) is 5.90. The van der Waals surface area contributed by atoms with Gasteiger partial charge >= 0.3 is 18.0 Å². The average molecular weight is 413 g/mol. The van der Waals surface area contributed by atoms with Gasteiger partial charge < -0.3 is 20.1 Å². The SMILES string of the molecule is CCOC(=O)C1=C(COC(=O)CCSC)NC(=O)N[C@H]1c1ccc(Cl)cc1. The van der Waals surface area contributed by atoms with Crippen LogP contribution in [0.3, 0.4) is 0 Å². The maximum atomic E-state index is 12.5. The molecule has 2 amide bonds. The lowest BCUT2D eigenvalue weighted by atomic mass is 9.95. The van der Waals surface area contributed by atoms with Crippen molar-refractivity contribution in [3.8, 4) is 0 Å². The van der Waals surface area contributed by atoms with E-state index in [1.54, 1.807) is 31.2 Å². The van der Waals surface area contributed by atoms with Crippen molar-refractivity contribution in [3.05, 3.63) is 46.1 Å². The summed E-state index contributed by atoms with van der Waals surface area (Å²) >= 11 is 7.45. The Morgan fingerprint density at radius 2 is 1.93 bits per heavy atom. The summed E-state index contributed by atoms with van der Waals surface area (Å²) in [7, 11) is 0. The smallest absolute Gasteiger partial charge is 0.338 e. The Hall–Kier alpha value is -2.19. The first-order valence-corrected chi connectivity index (χ1v) is 10.1. The van der Waals surface area contributed by atoms with Crippen molar-refractivity contribution in [3.63, 3.8) is 0 Å². The number of benzene rings is 1. The number of carbonyl (C=O) groups is 3. The quantitative estimate of drug-likeness (QED) is 0.638. The number of hydrogen-bond donors (Lipinski definition) is 2. The summed E-state index contributed by atoms with van der Waals surface area (Å²) in [6.45, 7) is 1.63. The Morgan fingerprint density at radius 3 is 2.56 bits per heavy atom. The summed E-state index contributed by atoms with van der Waals surface area (Å²) in [6.07, 6.45) is 2.13. The summed E-state index contributed by atoms with van der Waals surface area (Å²) < 4.78 is 10.3. The van der Waals surface area contributed by atoms with Gasteiger partial charge in [0, 0.05) is 10.8 Å². The lowest BCUT2D eigenvalue weighted by Gasteiger charge is -2.29. The van der Waals surface area contributed by atoms with Gasteiger partial charge in [0.05, 0.1) is 30.3 Å². The third-order valence-electron chi connectivity index (χ3n) is 3.74. The molecule has 0 radical (unpaired) electrons. The van der Waals surface area contributed by atoms with E-state index in [1.807, 2.05) is 6.26 Å². The standard InChI is InChI=1S/C18H21ClN2O5S/c1-3-25-17(23)15-13(10-26-14(22)8-9-27-2)20-18(24)21-16(15)11-4-6-12(19)7-5-11/h4-7,16H,3,8-10H2,1-2H3,(H2,20,21,24)/t16-/m0/s1. The van der Waals surface area contributed by atoms with Crippen molar-refractivity contribution in [1.82, 2.24) is 10.6 Å². The summed E-state index contributed by atoms with van der Waals surface area (Å²) in [5.74, 6) is -0.375. The molecule has 1 aliphatic heterocycles. The number of carbonyl (C=O) groups excluding carboxylic acids is 3. The second kappa shape index (κ2) is 10.2. The number of rotatable bonds is 8. The van der Waals surface area contributed by atoms with Gasteiger partial charge in [0.25, 0.3) is 0 Å². The normalized spacial score (nSPS) is 16.4. The van der Waals surface area contributed by atoms with E-state index in [1.165, 1.54) is 11.8 Å². The van der Waals surface area contributed by atoms with Crippen LogP contribution in [0, 0.1) is 0 Å². The van der Waals surface area contributed by atoms with Crippen LogP contribution in [0.2, 0.25) is 5.02 Å². The molecule has 0 aromatic heterocycles. The van der Waals surface area contributed by atoms with Crippen molar-refractivity contribution in [1.29, 1.82) is 0 Å². The highest BCUT2D eigenvalue weighted by molar-refractivity contribution is 7.98. The lowest BCUT2D eigenvalue weighted by molar-refractivity contribution is -0.143. The first-order chi connectivity index (χ1) is 13.0. The van der Waals surface area contributed by atoms with E-state index in [2.05, 4.69) is 10.6 Å². The molecule has 0 aliphatic carbocycles. The van der Waals surface area contributed by atoms with Gasteiger partial charge in [-0.2, -0.15) is 11.8 Å². The van der Waals surface area contributed by atoms with Gasteiger partial charge in [0.2, 0.25) is 0 Å². The molecule has 2 N–H and O–H groups in total. The number of amides is 2. The number of hydrogen-bond acceptors (Lipinski definition) is 6. The van der Waals surface area contributed by atoms with Crippen LogP contribution in [0.15, 0.2) is 35.5 Å². The van der Waals surface area contributed by atoms with Gasteiger partial charge in [0.1, 0.15) is 6.61 Å². The Morgan fingerprint density at radius 1 is 1.22 bits per heavy atom. The number of ether oxygens (including phenoxy) is 2. The van der Waals surface area contributed by atoms with E-state index in [4.69, 9.17) is 21.1 Å². The fourth-order valence-electron chi connectivity index (χ4n) is 2.50. The highest BCUT2D eigenvalue weighted by Crippen LogP contribution is 2.28. The molecule has 1 atom stereocenters. The van der Waals surface area contributed by atoms with Gasteiger partial charge in [-0.05, 0) is 30.9 Å². The monoisotopic (exact) mass is 412 g/mol. The molecule has 0 fully saturated rings. The largest absolute Gasteiger partial charge is 0.463 e. The third-order valence-corrected chi connectivity index (χ3v) is 4.60. The highest BCUT2D eigenvalue weighted by atomic mass is 35.5. The Labute approximate surface area is 166 Å². The zero-order valence-electron chi connectivity index (χ0n) is 15.0. The summed E-state index contributed by atoms with van der Waals surface area (Å²) in [6, 6.07) is 5.50. The molecule has 0 bridgehead atoms. The molecule has 1 aromatic carbocycles. The van der Waals surface area contributed by atoms with E-state index >= 15 is 0 Å². The van der Waals surface area contributed by atoms with Crippen LogP contribution >= 0.6 is 23.4 Å². The number of urea groups is 1. The van der Waals surface area contributed by atoms with Crippen LogP contribution in [-0.2, 0) is 19.1 Å². The fraction of sp³-hybridized carbons (Fsp3) is 0.389. The zero-order chi connectivity index (χ0) is 19.8. The molecular weight excluding hydrogens is 392 g/mol. The van der Waals surface area contributed by atoms with Gasteiger partial charge in [-0.25, -0.2) is 9.59 Å². The highest BCUT2D eigenvalue weighted by Gasteiger charge is 2.34. The maximum Gasteiger partial charge on any atom is 0.338 e. The molecule has 146 valence electrons. The van der Waals surface area contributed by atoms with Crippen molar-refractivity contribution in [2.45, 2.75) is 19.4 Å². The Bertz CT molecular complexity index is 736. The van der Waals surface area contributed by atoms with Crippen LogP contribution in [0.5, 0.6) is 0 Å². The molecule has 0 unspecified atom stereocenters. The average Bonchev–Trinajstić information content (AvgIpc) is 2.64. The fourth-order valence-corrected chi connectivity index (χ4v) is 2.99. The molecule has 1 aliphatic rings. The number of esters is 2. The molecule has 9 heteroatoms. The molecular formula is C18H21ClN2O5S. The van der Waals surface area contributed by atoms with Crippen LogP contribution in [-0.4, -0.2) is 43.2 Å². The predicted molar refractivity (Wildman–Crippen MR) is 103 cm³/mol. The summed E-state index contributed by atoms with van der Waals surface area (Å²) in [5.41, 5.74) is 1.05. The van der Waals surface area contributed by atoms with Crippen molar-refractivity contribution >= 4 is 41.3 Å². The van der Waals surface area contributed by atoms with Crippen LogP contribution in [0.4, 0.5) is 4.79 Å². The molecule has 0 saturated carbocycles. The minimum absolute atomic E-state index is 0.171.